The maximum Gasteiger partial charge on any atom is 0.0638 e. The number of nitrogens with zero attached hydrogens (tertiary/aromatic N) is 4. The summed E-state index contributed by atoms with van der Waals surface area (Å²) in [4.78, 5) is 5.25. The molecule has 1 saturated carbocycles. The van der Waals surface area contributed by atoms with Crippen LogP contribution in [0.4, 0.5) is 0 Å². The largest absolute Gasteiger partial charge is 0.396 e. The summed E-state index contributed by atoms with van der Waals surface area (Å²) in [7, 11) is 0. The fourth-order valence-corrected chi connectivity index (χ4v) is 4.32. The van der Waals surface area contributed by atoms with Gasteiger partial charge in [0.2, 0.25) is 0 Å². The minimum atomic E-state index is 0.300. The highest BCUT2D eigenvalue weighted by atomic mass is 16.3. The Hall–Kier alpha value is -0.910. The summed E-state index contributed by atoms with van der Waals surface area (Å²) in [5.74, 6) is 0. The first-order chi connectivity index (χ1) is 11.2. The van der Waals surface area contributed by atoms with E-state index in [-0.39, 0.29) is 0 Å². The summed E-state index contributed by atoms with van der Waals surface area (Å²) < 4.78 is 2.03. The van der Waals surface area contributed by atoms with E-state index in [1.807, 2.05) is 4.68 Å². The molecule has 23 heavy (non-hydrogen) atoms. The standard InChI is InChI=1S/C18H32N4O/c1-3-21-13-16(15(2)19-21)12-20-9-10-22(17-6-4-5-7-17)18(14-20)8-11-23/h13,17-18,23H,3-12,14H2,1-2H3/t18-/m1/s1. The molecule has 1 saturated heterocycles. The average molecular weight is 320 g/mol. The van der Waals surface area contributed by atoms with Gasteiger partial charge in [-0.1, -0.05) is 12.8 Å². The number of aliphatic hydroxyl groups is 1. The number of aryl methyl sites for hydroxylation is 2. The Kier molecular flexibility index (Phi) is 5.72. The molecule has 2 heterocycles. The number of aromatic nitrogens is 2. The van der Waals surface area contributed by atoms with E-state index in [0.29, 0.717) is 12.6 Å². The number of aliphatic hydroxyl groups excluding tert-OH is 1. The SMILES string of the molecule is CCn1cc(CN2CCN(C3CCCC3)[C@H](CCO)C2)c(C)n1. The number of hydrogen-bond acceptors (Lipinski definition) is 4. The van der Waals surface area contributed by atoms with Crippen LogP contribution < -0.4 is 0 Å². The van der Waals surface area contributed by atoms with Crippen LogP contribution in [0.5, 0.6) is 0 Å². The Balaban J connectivity index is 1.62. The lowest BCUT2D eigenvalue weighted by Crippen LogP contribution is -2.56. The van der Waals surface area contributed by atoms with E-state index in [0.717, 1.165) is 50.9 Å². The normalized spacial score (nSPS) is 24.6. The maximum absolute atomic E-state index is 9.48. The van der Waals surface area contributed by atoms with Crippen LogP contribution in [0.1, 0.15) is 50.3 Å². The van der Waals surface area contributed by atoms with E-state index in [1.54, 1.807) is 0 Å². The molecule has 1 aromatic heterocycles. The topological polar surface area (TPSA) is 44.5 Å². The molecule has 3 rings (SSSR count). The summed E-state index contributed by atoms with van der Waals surface area (Å²) in [6, 6.07) is 1.27. The van der Waals surface area contributed by atoms with Crippen molar-refractivity contribution in [2.24, 2.45) is 0 Å². The van der Waals surface area contributed by atoms with Crippen LogP contribution in [0, 0.1) is 6.92 Å². The van der Waals surface area contributed by atoms with E-state index in [9.17, 15) is 5.11 Å². The van der Waals surface area contributed by atoms with Gasteiger partial charge in [-0.25, -0.2) is 0 Å². The molecular formula is C18H32N4O. The molecule has 0 bridgehead atoms. The minimum absolute atomic E-state index is 0.300. The van der Waals surface area contributed by atoms with Crippen molar-refractivity contribution < 1.29 is 5.11 Å². The van der Waals surface area contributed by atoms with Gasteiger partial charge in [0, 0.05) is 63.2 Å². The van der Waals surface area contributed by atoms with Crippen molar-refractivity contribution in [1.82, 2.24) is 19.6 Å². The molecule has 0 radical (unpaired) electrons. The predicted octanol–water partition coefficient (Wildman–Crippen LogP) is 2.02. The van der Waals surface area contributed by atoms with Crippen LogP contribution in [-0.2, 0) is 13.1 Å². The Labute approximate surface area is 140 Å². The van der Waals surface area contributed by atoms with Gasteiger partial charge in [-0.15, -0.1) is 0 Å². The van der Waals surface area contributed by atoms with Crippen molar-refractivity contribution in [3.8, 4) is 0 Å². The van der Waals surface area contributed by atoms with E-state index in [2.05, 4.69) is 34.9 Å². The molecule has 0 aromatic carbocycles. The van der Waals surface area contributed by atoms with Crippen molar-refractivity contribution in [2.75, 3.05) is 26.2 Å². The van der Waals surface area contributed by atoms with Crippen molar-refractivity contribution in [3.63, 3.8) is 0 Å². The Morgan fingerprint density at radius 2 is 2.04 bits per heavy atom. The predicted molar refractivity (Wildman–Crippen MR) is 92.4 cm³/mol. The second kappa shape index (κ2) is 7.77. The van der Waals surface area contributed by atoms with E-state index in [4.69, 9.17) is 0 Å². The first-order valence-corrected chi connectivity index (χ1v) is 9.33. The Bertz CT molecular complexity index is 495. The highest BCUT2D eigenvalue weighted by molar-refractivity contribution is 5.15. The van der Waals surface area contributed by atoms with Gasteiger partial charge in [-0.3, -0.25) is 14.5 Å². The van der Waals surface area contributed by atoms with Gasteiger partial charge in [0.1, 0.15) is 0 Å². The fourth-order valence-electron chi connectivity index (χ4n) is 4.32. The zero-order valence-corrected chi connectivity index (χ0v) is 14.7. The lowest BCUT2D eigenvalue weighted by molar-refractivity contribution is 0.0266. The first-order valence-electron chi connectivity index (χ1n) is 9.33. The summed E-state index contributed by atoms with van der Waals surface area (Å²) in [6.45, 7) is 9.83. The van der Waals surface area contributed by atoms with Gasteiger partial charge in [0.15, 0.2) is 0 Å². The van der Waals surface area contributed by atoms with Crippen molar-refractivity contribution in [3.05, 3.63) is 17.5 Å². The Morgan fingerprint density at radius 1 is 1.26 bits per heavy atom. The fraction of sp³-hybridized carbons (Fsp3) is 0.833. The van der Waals surface area contributed by atoms with Gasteiger partial charge >= 0.3 is 0 Å². The molecule has 1 aromatic rings. The number of piperazine rings is 1. The smallest absolute Gasteiger partial charge is 0.0638 e. The first kappa shape index (κ1) is 16.9. The lowest BCUT2D eigenvalue weighted by atomic mass is 10.0. The van der Waals surface area contributed by atoms with Crippen molar-refractivity contribution in [2.45, 2.75) is 71.1 Å². The van der Waals surface area contributed by atoms with Crippen LogP contribution >= 0.6 is 0 Å². The van der Waals surface area contributed by atoms with Crippen molar-refractivity contribution >= 4 is 0 Å². The van der Waals surface area contributed by atoms with Gasteiger partial charge < -0.3 is 5.11 Å². The second-order valence-electron chi connectivity index (χ2n) is 7.17. The van der Waals surface area contributed by atoms with Crippen molar-refractivity contribution in [1.29, 1.82) is 0 Å². The molecule has 1 N–H and O–H groups in total. The zero-order valence-electron chi connectivity index (χ0n) is 14.7. The van der Waals surface area contributed by atoms with Crippen LogP contribution in [0.2, 0.25) is 0 Å². The quantitative estimate of drug-likeness (QED) is 0.871. The number of rotatable bonds is 6. The van der Waals surface area contributed by atoms with E-state index in [1.165, 1.54) is 31.2 Å². The third kappa shape index (κ3) is 3.95. The molecule has 1 aliphatic heterocycles. The summed E-state index contributed by atoms with van der Waals surface area (Å²) in [5, 5.41) is 14.0. The molecule has 5 heteroatoms. The van der Waals surface area contributed by atoms with Crippen LogP contribution in [0.15, 0.2) is 6.20 Å². The molecule has 1 atom stereocenters. The van der Waals surface area contributed by atoms with Crippen LogP contribution in [0.3, 0.4) is 0 Å². The highest BCUT2D eigenvalue weighted by Gasteiger charge is 2.33. The van der Waals surface area contributed by atoms with E-state index < -0.39 is 0 Å². The van der Waals surface area contributed by atoms with Crippen LogP contribution in [0.25, 0.3) is 0 Å². The molecular weight excluding hydrogens is 288 g/mol. The molecule has 1 aliphatic carbocycles. The Morgan fingerprint density at radius 3 is 2.70 bits per heavy atom. The molecule has 0 unspecified atom stereocenters. The molecule has 130 valence electrons. The molecule has 5 nitrogen and oxygen atoms in total. The third-order valence-electron chi connectivity index (χ3n) is 5.63. The zero-order chi connectivity index (χ0) is 16.2. The molecule has 0 spiro atoms. The average Bonchev–Trinajstić information content (AvgIpc) is 3.18. The number of hydrogen-bond donors (Lipinski definition) is 1. The summed E-state index contributed by atoms with van der Waals surface area (Å²) >= 11 is 0. The van der Waals surface area contributed by atoms with Gasteiger partial charge in [0.25, 0.3) is 0 Å². The minimum Gasteiger partial charge on any atom is -0.396 e. The monoisotopic (exact) mass is 320 g/mol. The second-order valence-corrected chi connectivity index (χ2v) is 7.17. The highest BCUT2D eigenvalue weighted by Crippen LogP contribution is 2.28. The third-order valence-corrected chi connectivity index (χ3v) is 5.63. The summed E-state index contributed by atoms with van der Waals surface area (Å²) in [5.41, 5.74) is 2.51. The molecule has 0 amide bonds. The van der Waals surface area contributed by atoms with E-state index >= 15 is 0 Å². The molecule has 2 aliphatic rings. The summed E-state index contributed by atoms with van der Waals surface area (Å²) in [6.07, 6.45) is 8.56. The lowest BCUT2D eigenvalue weighted by Gasteiger charge is -2.44. The van der Waals surface area contributed by atoms with Crippen LogP contribution in [-0.4, -0.2) is 63.0 Å². The van der Waals surface area contributed by atoms with Gasteiger partial charge in [0.05, 0.1) is 5.69 Å². The van der Waals surface area contributed by atoms with Gasteiger partial charge in [-0.05, 0) is 33.1 Å². The van der Waals surface area contributed by atoms with Gasteiger partial charge in [-0.2, -0.15) is 5.10 Å². The maximum atomic E-state index is 9.48. The molecule has 2 fully saturated rings.